The van der Waals surface area contributed by atoms with Gasteiger partial charge in [-0.05, 0) is 12.8 Å². The van der Waals surface area contributed by atoms with Crippen molar-refractivity contribution in [2.75, 3.05) is 7.11 Å². The summed E-state index contributed by atoms with van der Waals surface area (Å²) in [5.41, 5.74) is 5.81. The van der Waals surface area contributed by atoms with E-state index in [4.69, 9.17) is 10.5 Å². The highest BCUT2D eigenvalue weighted by Crippen LogP contribution is 2.38. The van der Waals surface area contributed by atoms with Crippen molar-refractivity contribution in [3.63, 3.8) is 0 Å². The molecule has 0 saturated carbocycles. The number of fused-ring (bicyclic) bond motifs is 2. The number of esters is 1. The lowest BCUT2D eigenvalue weighted by atomic mass is 9.85. The summed E-state index contributed by atoms with van der Waals surface area (Å²) in [5.74, 6) is -0.455. The molecule has 0 aromatic rings. The maximum atomic E-state index is 11.2. The van der Waals surface area contributed by atoms with Crippen LogP contribution in [0.2, 0.25) is 0 Å². The normalized spacial score (nSPS) is 44.8. The van der Waals surface area contributed by atoms with Crippen LogP contribution < -0.4 is 5.73 Å². The minimum atomic E-state index is -0.228. The van der Waals surface area contributed by atoms with Crippen LogP contribution in [0.25, 0.3) is 0 Å². The molecule has 0 radical (unpaired) electrons. The Bertz CT molecular complexity index is 204. The lowest BCUT2D eigenvalue weighted by Gasteiger charge is -2.21. The molecule has 2 fully saturated rings. The van der Waals surface area contributed by atoms with Gasteiger partial charge in [-0.15, -0.1) is 0 Å². The monoisotopic (exact) mass is 171 g/mol. The van der Waals surface area contributed by atoms with E-state index in [0.29, 0.717) is 0 Å². The average Bonchev–Trinajstić information content (AvgIpc) is 2.63. The number of ether oxygens (including phenoxy) is 2. The third-order valence-electron chi connectivity index (χ3n) is 2.80. The number of nitrogens with two attached hydrogens (primary N) is 1. The van der Waals surface area contributed by atoms with Crippen LogP contribution in [0.5, 0.6) is 0 Å². The van der Waals surface area contributed by atoms with Gasteiger partial charge in [0.15, 0.2) is 0 Å². The molecule has 0 aliphatic carbocycles. The predicted molar refractivity (Wildman–Crippen MR) is 41.4 cm³/mol. The first kappa shape index (κ1) is 8.01. The van der Waals surface area contributed by atoms with E-state index in [1.54, 1.807) is 0 Å². The Balaban J connectivity index is 2.12. The fourth-order valence-corrected chi connectivity index (χ4v) is 2.16. The Hall–Kier alpha value is -0.610. The molecule has 0 spiro atoms. The molecule has 2 heterocycles. The van der Waals surface area contributed by atoms with Gasteiger partial charge in [0.1, 0.15) is 5.92 Å². The third-order valence-corrected chi connectivity index (χ3v) is 2.80. The quantitative estimate of drug-likeness (QED) is 0.548. The Morgan fingerprint density at radius 3 is 2.67 bits per heavy atom. The van der Waals surface area contributed by atoms with Crippen LogP contribution in [-0.2, 0) is 14.3 Å². The highest BCUT2D eigenvalue weighted by atomic mass is 16.5. The van der Waals surface area contributed by atoms with Gasteiger partial charge in [0.05, 0.1) is 19.3 Å². The van der Waals surface area contributed by atoms with Crippen molar-refractivity contribution in [3.8, 4) is 0 Å². The molecule has 4 atom stereocenters. The molecule has 0 aromatic heterocycles. The van der Waals surface area contributed by atoms with E-state index in [-0.39, 0.29) is 30.1 Å². The van der Waals surface area contributed by atoms with Gasteiger partial charge in [0.2, 0.25) is 0 Å². The number of hydrogen-bond donors (Lipinski definition) is 1. The first-order valence-corrected chi connectivity index (χ1v) is 4.23. The number of methoxy groups -OCH3 is 1. The summed E-state index contributed by atoms with van der Waals surface area (Å²) in [6.07, 6.45) is 2.02. The number of carbonyl (C=O) groups excluding carboxylic acids is 1. The Kier molecular flexibility index (Phi) is 1.81. The lowest BCUT2D eigenvalue weighted by Crippen LogP contribution is -2.44. The zero-order valence-corrected chi connectivity index (χ0v) is 7.03. The van der Waals surface area contributed by atoms with Gasteiger partial charge in [-0.1, -0.05) is 0 Å². The lowest BCUT2D eigenvalue weighted by molar-refractivity contribution is -0.147. The van der Waals surface area contributed by atoms with Crippen molar-refractivity contribution in [2.45, 2.75) is 31.1 Å². The molecule has 2 aliphatic heterocycles. The molecule has 2 bridgehead atoms. The Morgan fingerprint density at radius 2 is 2.17 bits per heavy atom. The van der Waals surface area contributed by atoms with Crippen LogP contribution in [0, 0.1) is 5.92 Å². The summed E-state index contributed by atoms with van der Waals surface area (Å²) in [5, 5.41) is 0. The summed E-state index contributed by atoms with van der Waals surface area (Å²) in [7, 11) is 1.39. The average molecular weight is 171 g/mol. The van der Waals surface area contributed by atoms with Gasteiger partial charge < -0.3 is 15.2 Å². The van der Waals surface area contributed by atoms with Crippen LogP contribution in [0.4, 0.5) is 0 Å². The summed E-state index contributed by atoms with van der Waals surface area (Å²) in [6.45, 7) is 0. The number of rotatable bonds is 1. The van der Waals surface area contributed by atoms with E-state index in [1.807, 2.05) is 0 Å². The molecule has 0 amide bonds. The predicted octanol–water partition coefficient (Wildman–Crippen LogP) is -0.336. The molecule has 2 N–H and O–H groups in total. The Labute approximate surface area is 71.0 Å². The van der Waals surface area contributed by atoms with E-state index in [9.17, 15) is 4.79 Å². The topological polar surface area (TPSA) is 61.5 Å². The van der Waals surface area contributed by atoms with Crippen molar-refractivity contribution >= 4 is 5.97 Å². The van der Waals surface area contributed by atoms with Crippen LogP contribution in [0.1, 0.15) is 12.8 Å². The van der Waals surface area contributed by atoms with E-state index < -0.39 is 0 Å². The van der Waals surface area contributed by atoms with Crippen LogP contribution in [0.3, 0.4) is 0 Å². The van der Waals surface area contributed by atoms with Crippen LogP contribution in [0.15, 0.2) is 0 Å². The molecular weight excluding hydrogens is 158 g/mol. The molecule has 0 aromatic carbocycles. The smallest absolute Gasteiger partial charge is 0.312 e. The fraction of sp³-hybridized carbons (Fsp3) is 0.875. The minimum Gasteiger partial charge on any atom is -0.469 e. The van der Waals surface area contributed by atoms with E-state index in [2.05, 4.69) is 4.74 Å². The molecule has 68 valence electrons. The maximum Gasteiger partial charge on any atom is 0.312 e. The van der Waals surface area contributed by atoms with Crippen LogP contribution >= 0.6 is 0 Å². The largest absolute Gasteiger partial charge is 0.469 e. The van der Waals surface area contributed by atoms with Gasteiger partial charge in [-0.2, -0.15) is 0 Å². The number of carbonyl (C=O) groups is 1. The summed E-state index contributed by atoms with van der Waals surface area (Å²) in [4.78, 5) is 11.2. The van der Waals surface area contributed by atoms with Gasteiger partial charge in [0.25, 0.3) is 0 Å². The van der Waals surface area contributed by atoms with Gasteiger partial charge >= 0.3 is 5.97 Å². The van der Waals surface area contributed by atoms with Crippen molar-refractivity contribution in [3.05, 3.63) is 0 Å². The van der Waals surface area contributed by atoms with Crippen molar-refractivity contribution in [1.29, 1.82) is 0 Å². The summed E-state index contributed by atoms with van der Waals surface area (Å²) in [6, 6.07) is -0.156. The summed E-state index contributed by atoms with van der Waals surface area (Å²) < 4.78 is 10.2. The highest BCUT2D eigenvalue weighted by molar-refractivity contribution is 5.74. The minimum absolute atomic E-state index is 0.0115. The molecule has 4 unspecified atom stereocenters. The first-order valence-electron chi connectivity index (χ1n) is 4.23. The molecule has 4 nitrogen and oxygen atoms in total. The molecule has 12 heavy (non-hydrogen) atoms. The maximum absolute atomic E-state index is 11.2. The molecule has 2 aliphatic rings. The SMILES string of the molecule is COC(=O)C1C2CCC(O2)C1N. The second kappa shape index (κ2) is 2.71. The van der Waals surface area contributed by atoms with Crippen molar-refractivity contribution in [2.24, 2.45) is 11.7 Å². The number of hydrogen-bond acceptors (Lipinski definition) is 4. The second-order valence-electron chi connectivity index (χ2n) is 3.42. The zero-order chi connectivity index (χ0) is 8.72. The van der Waals surface area contributed by atoms with Gasteiger partial charge in [-0.25, -0.2) is 0 Å². The van der Waals surface area contributed by atoms with Crippen LogP contribution in [-0.4, -0.2) is 31.3 Å². The van der Waals surface area contributed by atoms with Gasteiger partial charge in [-0.3, -0.25) is 4.79 Å². The molecule has 2 saturated heterocycles. The first-order chi connectivity index (χ1) is 5.74. The van der Waals surface area contributed by atoms with Crippen molar-refractivity contribution in [1.82, 2.24) is 0 Å². The summed E-state index contributed by atoms with van der Waals surface area (Å²) >= 11 is 0. The third kappa shape index (κ3) is 0.949. The molecular formula is C8H13NO3. The van der Waals surface area contributed by atoms with E-state index >= 15 is 0 Å². The standard InChI is InChI=1S/C8H13NO3/c1-11-8(10)6-4-2-3-5(12-4)7(6)9/h4-7H,2-3,9H2,1H3. The van der Waals surface area contributed by atoms with E-state index in [1.165, 1.54) is 7.11 Å². The fourth-order valence-electron chi connectivity index (χ4n) is 2.16. The Morgan fingerprint density at radius 1 is 1.50 bits per heavy atom. The second-order valence-corrected chi connectivity index (χ2v) is 3.42. The van der Waals surface area contributed by atoms with Crippen molar-refractivity contribution < 1.29 is 14.3 Å². The molecule has 4 heteroatoms. The molecule has 2 rings (SSSR count). The zero-order valence-electron chi connectivity index (χ0n) is 7.03. The van der Waals surface area contributed by atoms with E-state index in [0.717, 1.165) is 12.8 Å². The highest BCUT2D eigenvalue weighted by Gasteiger charge is 2.51. The van der Waals surface area contributed by atoms with Gasteiger partial charge in [0, 0.05) is 6.04 Å².